The van der Waals surface area contributed by atoms with E-state index in [-0.39, 0.29) is 11.8 Å². The zero-order chi connectivity index (χ0) is 17.9. The van der Waals surface area contributed by atoms with E-state index in [1.54, 1.807) is 0 Å². The molecule has 0 unspecified atom stereocenters. The largest absolute Gasteiger partial charge is 0.378 e. The molecule has 0 atom stereocenters. The molecule has 1 N–H and O–H groups in total. The average Bonchev–Trinajstić information content (AvgIpc) is 2.87. The lowest BCUT2D eigenvalue weighted by molar-refractivity contribution is -0.130. The van der Waals surface area contributed by atoms with Crippen molar-refractivity contribution in [3.8, 4) is 0 Å². The first-order chi connectivity index (χ1) is 12.2. The van der Waals surface area contributed by atoms with Crippen LogP contribution in [0.3, 0.4) is 0 Å². The lowest BCUT2D eigenvalue weighted by Gasteiger charge is -2.22. The predicted molar refractivity (Wildman–Crippen MR) is 98.4 cm³/mol. The quantitative estimate of drug-likeness (QED) is 0.676. The molecule has 2 amide bonds. The fourth-order valence-corrected chi connectivity index (χ4v) is 3.64. The summed E-state index contributed by atoms with van der Waals surface area (Å²) < 4.78 is 5.88. The lowest BCUT2D eigenvalue weighted by Crippen LogP contribution is -2.40. The van der Waals surface area contributed by atoms with Gasteiger partial charge >= 0.3 is 0 Å². The molecule has 25 heavy (non-hydrogen) atoms. The van der Waals surface area contributed by atoms with Crippen LogP contribution in [-0.2, 0) is 14.3 Å². The molecular formula is C19H35N3O3. The first kappa shape index (κ1) is 20.2. The number of hydrogen-bond acceptors (Lipinski definition) is 4. The van der Waals surface area contributed by atoms with Gasteiger partial charge in [0.2, 0.25) is 11.8 Å². The first-order valence-corrected chi connectivity index (χ1v) is 10.1. The molecule has 2 aliphatic rings. The van der Waals surface area contributed by atoms with E-state index >= 15 is 0 Å². The van der Waals surface area contributed by atoms with Crippen molar-refractivity contribution in [3.63, 3.8) is 0 Å². The third kappa shape index (κ3) is 7.74. The maximum absolute atomic E-state index is 12.1. The summed E-state index contributed by atoms with van der Waals surface area (Å²) in [7, 11) is 0. The molecule has 1 aliphatic carbocycles. The van der Waals surface area contributed by atoms with Crippen molar-refractivity contribution in [2.24, 2.45) is 0 Å². The van der Waals surface area contributed by atoms with Gasteiger partial charge in [-0.2, -0.15) is 0 Å². The first-order valence-electron chi connectivity index (χ1n) is 10.1. The topological polar surface area (TPSA) is 61.9 Å². The Labute approximate surface area is 152 Å². The van der Waals surface area contributed by atoms with Crippen molar-refractivity contribution in [2.45, 2.75) is 64.4 Å². The summed E-state index contributed by atoms with van der Waals surface area (Å²) >= 11 is 0. The fourth-order valence-electron chi connectivity index (χ4n) is 3.64. The molecule has 0 aromatic heterocycles. The van der Waals surface area contributed by atoms with Gasteiger partial charge in [0.1, 0.15) is 0 Å². The Hall–Kier alpha value is -1.14. The molecule has 2 rings (SSSR count). The van der Waals surface area contributed by atoms with Crippen molar-refractivity contribution in [1.29, 1.82) is 0 Å². The summed E-state index contributed by atoms with van der Waals surface area (Å²) in [6.45, 7) is 6.95. The minimum absolute atomic E-state index is 0.0768. The van der Waals surface area contributed by atoms with Crippen LogP contribution >= 0.6 is 0 Å². The van der Waals surface area contributed by atoms with Gasteiger partial charge in [-0.15, -0.1) is 0 Å². The molecule has 0 spiro atoms. The number of ether oxygens (including phenoxy) is 1. The van der Waals surface area contributed by atoms with Gasteiger partial charge in [0, 0.05) is 45.8 Å². The van der Waals surface area contributed by atoms with Gasteiger partial charge in [-0.05, 0) is 25.7 Å². The minimum atomic E-state index is 0.0768. The van der Waals surface area contributed by atoms with Crippen molar-refractivity contribution in [3.05, 3.63) is 0 Å². The minimum Gasteiger partial charge on any atom is -0.378 e. The number of amides is 2. The Morgan fingerprint density at radius 3 is 2.60 bits per heavy atom. The third-order valence-corrected chi connectivity index (χ3v) is 5.16. The molecule has 144 valence electrons. The maximum Gasteiger partial charge on any atom is 0.234 e. The molecule has 0 aromatic carbocycles. The molecule has 1 heterocycles. The van der Waals surface area contributed by atoms with Gasteiger partial charge in [-0.25, -0.2) is 0 Å². The third-order valence-electron chi connectivity index (χ3n) is 5.16. The van der Waals surface area contributed by atoms with Gasteiger partial charge in [-0.3, -0.25) is 14.5 Å². The maximum atomic E-state index is 12.1. The lowest BCUT2D eigenvalue weighted by atomic mass is 9.98. The second-order valence-corrected chi connectivity index (χ2v) is 7.20. The highest BCUT2D eigenvalue weighted by Crippen LogP contribution is 2.20. The van der Waals surface area contributed by atoms with Crippen molar-refractivity contribution in [1.82, 2.24) is 15.1 Å². The molecular weight excluding hydrogens is 318 g/mol. The molecule has 2 fully saturated rings. The Balaban J connectivity index is 1.53. The number of rotatable bonds is 8. The Morgan fingerprint density at radius 2 is 1.84 bits per heavy atom. The fraction of sp³-hybridized carbons (Fsp3) is 0.895. The van der Waals surface area contributed by atoms with Crippen LogP contribution < -0.4 is 5.32 Å². The van der Waals surface area contributed by atoms with Gasteiger partial charge in [0.25, 0.3) is 0 Å². The molecule has 0 aromatic rings. The summed E-state index contributed by atoms with van der Waals surface area (Å²) in [5.41, 5.74) is 0. The van der Waals surface area contributed by atoms with Gasteiger partial charge in [0.15, 0.2) is 0 Å². The Morgan fingerprint density at radius 1 is 1.04 bits per heavy atom. The van der Waals surface area contributed by atoms with Crippen LogP contribution in [0.25, 0.3) is 0 Å². The van der Waals surface area contributed by atoms with E-state index in [9.17, 15) is 9.59 Å². The summed E-state index contributed by atoms with van der Waals surface area (Å²) in [6.07, 6.45) is 9.12. The molecule has 1 saturated carbocycles. The zero-order valence-electron chi connectivity index (χ0n) is 15.8. The number of nitrogens with zero attached hydrogens (tertiary/aromatic N) is 2. The zero-order valence-corrected chi connectivity index (χ0v) is 15.8. The number of carbonyl (C=O) groups excluding carboxylic acids is 2. The van der Waals surface area contributed by atoms with E-state index in [2.05, 4.69) is 10.2 Å². The monoisotopic (exact) mass is 353 g/mol. The smallest absolute Gasteiger partial charge is 0.234 e. The molecule has 0 radical (unpaired) electrons. The van der Waals surface area contributed by atoms with E-state index in [1.165, 1.54) is 32.1 Å². The molecule has 1 saturated heterocycles. The van der Waals surface area contributed by atoms with Gasteiger partial charge < -0.3 is 15.0 Å². The summed E-state index contributed by atoms with van der Waals surface area (Å²) in [5, 5.41) is 2.99. The van der Waals surface area contributed by atoms with Crippen LogP contribution in [0.1, 0.15) is 58.3 Å². The van der Waals surface area contributed by atoms with Gasteiger partial charge in [0.05, 0.1) is 12.6 Å². The number of hydrogen-bond donors (Lipinski definition) is 1. The molecule has 6 nitrogen and oxygen atoms in total. The highest BCUT2D eigenvalue weighted by molar-refractivity contribution is 5.78. The van der Waals surface area contributed by atoms with Crippen LogP contribution in [0.15, 0.2) is 0 Å². The highest BCUT2D eigenvalue weighted by Gasteiger charge is 2.19. The summed E-state index contributed by atoms with van der Waals surface area (Å²) in [6, 6.07) is 0. The number of nitrogens with one attached hydrogen (secondary N) is 1. The molecule has 0 bridgehead atoms. The van der Waals surface area contributed by atoms with Crippen molar-refractivity contribution in [2.75, 3.05) is 45.9 Å². The van der Waals surface area contributed by atoms with Crippen molar-refractivity contribution < 1.29 is 14.3 Å². The predicted octanol–water partition coefficient (Wildman–Crippen LogP) is 1.79. The molecule has 6 heteroatoms. The Bertz CT molecular complexity index is 411. The average molecular weight is 354 g/mol. The van der Waals surface area contributed by atoms with Crippen LogP contribution in [0, 0.1) is 0 Å². The van der Waals surface area contributed by atoms with E-state index < -0.39 is 0 Å². The van der Waals surface area contributed by atoms with Crippen LogP contribution in [0.4, 0.5) is 0 Å². The second-order valence-electron chi connectivity index (χ2n) is 7.20. The van der Waals surface area contributed by atoms with E-state index in [4.69, 9.17) is 4.74 Å². The van der Waals surface area contributed by atoms with E-state index in [0.717, 1.165) is 45.6 Å². The van der Waals surface area contributed by atoms with E-state index in [1.807, 2.05) is 11.8 Å². The van der Waals surface area contributed by atoms with Crippen molar-refractivity contribution >= 4 is 11.8 Å². The second kappa shape index (κ2) is 11.5. The highest BCUT2D eigenvalue weighted by atomic mass is 16.5. The van der Waals surface area contributed by atoms with Gasteiger partial charge in [-0.1, -0.05) is 26.2 Å². The SMILES string of the molecule is CCC(=O)N1CCCN(CC(=O)NCCCOC2CCCCC2)CC1. The van der Waals surface area contributed by atoms with Crippen LogP contribution in [-0.4, -0.2) is 73.6 Å². The van der Waals surface area contributed by atoms with E-state index in [0.29, 0.717) is 25.6 Å². The standard InChI is InChI=1S/C19H35N3O3/c1-2-19(24)22-12-7-11-21(13-14-22)16-18(23)20-10-6-15-25-17-8-4-3-5-9-17/h17H,2-16H2,1H3,(H,20,23). The van der Waals surface area contributed by atoms with Crippen LogP contribution in [0.5, 0.6) is 0 Å². The summed E-state index contributed by atoms with van der Waals surface area (Å²) in [5.74, 6) is 0.289. The van der Waals surface area contributed by atoms with Crippen LogP contribution in [0.2, 0.25) is 0 Å². The summed E-state index contributed by atoms with van der Waals surface area (Å²) in [4.78, 5) is 27.9. The molecule has 1 aliphatic heterocycles. The number of carbonyl (C=O) groups is 2. The normalized spacial score (nSPS) is 20.3. The Kier molecular flexibility index (Phi) is 9.26.